The van der Waals surface area contributed by atoms with Gasteiger partial charge in [0, 0.05) is 31.6 Å². The van der Waals surface area contributed by atoms with Gasteiger partial charge in [0.25, 0.3) is 11.8 Å². The van der Waals surface area contributed by atoms with Crippen molar-refractivity contribution in [3.05, 3.63) is 95.8 Å². The zero-order valence-electron chi connectivity index (χ0n) is 26.7. The SMILES string of the molecule is COc1ccc(S(=O)(=O)N(CCO)CCOC2CC(C(C)C)C=C(C(=O)NCc3ccc(C(=O)Nc4ccccc4N)cc3)O2)cc1. The topological polar surface area (TPSA) is 170 Å². The summed E-state index contributed by atoms with van der Waals surface area (Å²) in [5.41, 5.74) is 8.12. The van der Waals surface area contributed by atoms with E-state index in [0.29, 0.717) is 29.1 Å². The highest BCUT2D eigenvalue weighted by Gasteiger charge is 2.30. The molecular weight excluding hydrogens is 624 g/mol. The van der Waals surface area contributed by atoms with Gasteiger partial charge in [0.2, 0.25) is 16.3 Å². The average Bonchev–Trinajstić information content (AvgIpc) is 3.07. The van der Waals surface area contributed by atoms with Crippen LogP contribution in [0.1, 0.15) is 36.2 Å². The molecule has 0 aliphatic carbocycles. The first-order valence-electron chi connectivity index (χ1n) is 15.3. The molecular formula is C34H42N4O8S. The number of methoxy groups -OCH3 is 1. The number of aliphatic hydroxyl groups is 1. The molecule has 252 valence electrons. The minimum Gasteiger partial charge on any atom is -0.497 e. The van der Waals surface area contributed by atoms with Crippen LogP contribution in [0.3, 0.4) is 0 Å². The van der Waals surface area contributed by atoms with Gasteiger partial charge in [-0.3, -0.25) is 9.59 Å². The molecule has 2 atom stereocenters. The van der Waals surface area contributed by atoms with E-state index < -0.39 is 22.2 Å². The lowest BCUT2D eigenvalue weighted by atomic mass is 9.90. The number of aliphatic hydroxyl groups excluding tert-OH is 1. The number of para-hydroxylation sites is 2. The molecule has 2 amide bonds. The van der Waals surface area contributed by atoms with Crippen molar-refractivity contribution in [1.82, 2.24) is 9.62 Å². The number of allylic oxidation sites excluding steroid dienone is 1. The Balaban J connectivity index is 1.32. The summed E-state index contributed by atoms with van der Waals surface area (Å²) >= 11 is 0. The second kappa shape index (κ2) is 16.4. The number of ether oxygens (including phenoxy) is 3. The molecule has 0 saturated heterocycles. The van der Waals surface area contributed by atoms with Gasteiger partial charge in [-0.2, -0.15) is 4.31 Å². The third-order valence-corrected chi connectivity index (χ3v) is 9.65. The third-order valence-electron chi connectivity index (χ3n) is 7.74. The average molecular weight is 667 g/mol. The molecule has 0 spiro atoms. The van der Waals surface area contributed by atoms with E-state index in [1.807, 2.05) is 13.8 Å². The number of nitrogens with zero attached hydrogens (tertiary/aromatic N) is 1. The van der Waals surface area contributed by atoms with Gasteiger partial charge in [-0.15, -0.1) is 0 Å². The zero-order valence-corrected chi connectivity index (χ0v) is 27.5. The van der Waals surface area contributed by atoms with Gasteiger partial charge in [-0.25, -0.2) is 8.42 Å². The summed E-state index contributed by atoms with van der Waals surface area (Å²) < 4.78 is 44.5. The number of carbonyl (C=O) groups excluding carboxylic acids is 2. The Morgan fingerprint density at radius 1 is 1.02 bits per heavy atom. The Labute approximate surface area is 275 Å². The van der Waals surface area contributed by atoms with Crippen molar-refractivity contribution in [1.29, 1.82) is 0 Å². The number of hydrogen-bond donors (Lipinski definition) is 4. The maximum Gasteiger partial charge on any atom is 0.286 e. The number of benzene rings is 3. The molecule has 3 aromatic rings. The minimum atomic E-state index is -3.90. The first-order valence-corrected chi connectivity index (χ1v) is 16.7. The van der Waals surface area contributed by atoms with E-state index in [2.05, 4.69) is 10.6 Å². The molecule has 0 fully saturated rings. The minimum absolute atomic E-state index is 0.0116. The highest BCUT2D eigenvalue weighted by atomic mass is 32.2. The molecule has 2 unspecified atom stereocenters. The van der Waals surface area contributed by atoms with Crippen molar-refractivity contribution < 1.29 is 37.3 Å². The van der Waals surface area contributed by atoms with Crippen molar-refractivity contribution in [2.75, 3.05) is 44.5 Å². The Bertz CT molecular complexity index is 1640. The van der Waals surface area contributed by atoms with Crippen LogP contribution in [0.2, 0.25) is 0 Å². The summed E-state index contributed by atoms with van der Waals surface area (Å²) in [6.45, 7) is 3.75. The second-order valence-corrected chi connectivity index (χ2v) is 13.3. The van der Waals surface area contributed by atoms with E-state index in [9.17, 15) is 23.1 Å². The quantitative estimate of drug-likeness (QED) is 0.177. The van der Waals surface area contributed by atoms with E-state index in [1.165, 1.54) is 19.2 Å². The Morgan fingerprint density at radius 3 is 2.36 bits per heavy atom. The van der Waals surface area contributed by atoms with Crippen LogP contribution >= 0.6 is 0 Å². The maximum atomic E-state index is 13.2. The molecule has 0 radical (unpaired) electrons. The predicted octanol–water partition coefficient (Wildman–Crippen LogP) is 3.75. The van der Waals surface area contributed by atoms with Crippen LogP contribution in [0.15, 0.2) is 89.5 Å². The van der Waals surface area contributed by atoms with Crippen LogP contribution in [0.5, 0.6) is 5.75 Å². The highest BCUT2D eigenvalue weighted by molar-refractivity contribution is 7.89. The lowest BCUT2D eigenvalue weighted by Crippen LogP contribution is -2.38. The normalized spacial score (nSPS) is 16.3. The Kier molecular flexibility index (Phi) is 12.4. The summed E-state index contributed by atoms with van der Waals surface area (Å²) in [4.78, 5) is 25.8. The van der Waals surface area contributed by atoms with Gasteiger partial charge in [-0.1, -0.05) is 38.1 Å². The molecule has 5 N–H and O–H groups in total. The van der Waals surface area contributed by atoms with E-state index in [-0.39, 0.29) is 61.2 Å². The molecule has 4 rings (SSSR count). The fraction of sp³-hybridized carbons (Fsp3) is 0.353. The number of nitrogens with two attached hydrogens (primary N) is 1. The van der Waals surface area contributed by atoms with Gasteiger partial charge in [0.05, 0.1) is 36.6 Å². The van der Waals surface area contributed by atoms with Gasteiger partial charge >= 0.3 is 0 Å². The summed E-state index contributed by atoms with van der Waals surface area (Å²) in [6, 6.07) is 19.8. The van der Waals surface area contributed by atoms with Crippen LogP contribution in [-0.4, -0.2) is 69.3 Å². The third kappa shape index (κ3) is 9.55. The van der Waals surface area contributed by atoms with Gasteiger partial charge in [0.1, 0.15) is 5.75 Å². The van der Waals surface area contributed by atoms with Crippen LogP contribution in [-0.2, 0) is 30.8 Å². The largest absolute Gasteiger partial charge is 0.497 e. The van der Waals surface area contributed by atoms with E-state index in [0.717, 1.165) is 9.87 Å². The number of nitrogens with one attached hydrogen (secondary N) is 2. The number of anilines is 2. The van der Waals surface area contributed by atoms with E-state index in [1.54, 1.807) is 66.7 Å². The fourth-order valence-corrected chi connectivity index (χ4v) is 6.32. The first kappa shape index (κ1) is 35.4. The maximum absolute atomic E-state index is 13.2. The summed E-state index contributed by atoms with van der Waals surface area (Å²) in [5.74, 6) is 0.101. The molecule has 0 bridgehead atoms. The Hall–Kier alpha value is -4.43. The number of rotatable bonds is 15. The monoisotopic (exact) mass is 666 g/mol. The number of sulfonamides is 1. The standard InChI is InChI=1S/C34H42N4O8S/c1-23(2)26-20-31(34(41)36-22-24-8-10-25(11-9-24)33(40)37-30-7-5-4-6-29(30)35)46-32(21-26)45-19-17-38(16-18-39)47(42,43)28-14-12-27(44-3)13-15-28/h4-15,20,23,26,32,39H,16-19,21-22,35H2,1-3H3,(H,36,41)(H,37,40). The number of amides is 2. The van der Waals surface area contributed by atoms with Crippen molar-refractivity contribution in [2.24, 2.45) is 11.8 Å². The summed E-state index contributed by atoms with van der Waals surface area (Å²) in [7, 11) is -2.41. The number of nitrogen functional groups attached to an aromatic ring is 1. The summed E-state index contributed by atoms with van der Waals surface area (Å²) in [6.07, 6.45) is 1.50. The van der Waals surface area contributed by atoms with Crippen molar-refractivity contribution in [3.8, 4) is 5.75 Å². The van der Waals surface area contributed by atoms with E-state index >= 15 is 0 Å². The molecule has 0 saturated carbocycles. The molecule has 47 heavy (non-hydrogen) atoms. The van der Waals surface area contributed by atoms with Crippen molar-refractivity contribution in [3.63, 3.8) is 0 Å². The second-order valence-electron chi connectivity index (χ2n) is 11.3. The van der Waals surface area contributed by atoms with Crippen molar-refractivity contribution in [2.45, 2.75) is 38.0 Å². The van der Waals surface area contributed by atoms with Crippen LogP contribution in [0, 0.1) is 11.8 Å². The lowest BCUT2D eigenvalue weighted by Gasteiger charge is -2.31. The van der Waals surface area contributed by atoms with Gasteiger partial charge < -0.3 is 35.7 Å². The predicted molar refractivity (Wildman–Crippen MR) is 178 cm³/mol. The van der Waals surface area contributed by atoms with Gasteiger partial charge in [-0.05, 0) is 72.0 Å². The highest BCUT2D eigenvalue weighted by Crippen LogP contribution is 2.29. The number of hydrogen-bond acceptors (Lipinski definition) is 9. The number of carbonyl (C=O) groups is 2. The Morgan fingerprint density at radius 2 is 1.72 bits per heavy atom. The fourth-order valence-electron chi connectivity index (χ4n) is 4.90. The van der Waals surface area contributed by atoms with E-state index in [4.69, 9.17) is 19.9 Å². The smallest absolute Gasteiger partial charge is 0.286 e. The first-order chi connectivity index (χ1) is 22.5. The molecule has 0 aromatic heterocycles. The lowest BCUT2D eigenvalue weighted by molar-refractivity contribution is -0.150. The van der Waals surface area contributed by atoms with Gasteiger partial charge in [0.15, 0.2) is 5.76 Å². The molecule has 1 heterocycles. The molecule has 12 nitrogen and oxygen atoms in total. The van der Waals surface area contributed by atoms with Crippen molar-refractivity contribution >= 4 is 33.2 Å². The molecule has 13 heteroatoms. The van der Waals surface area contributed by atoms with Crippen LogP contribution in [0.4, 0.5) is 11.4 Å². The molecule has 1 aliphatic rings. The van der Waals surface area contributed by atoms with Crippen LogP contribution in [0.25, 0.3) is 0 Å². The summed E-state index contributed by atoms with van der Waals surface area (Å²) in [5, 5.41) is 15.2. The molecule has 3 aromatic carbocycles. The van der Waals surface area contributed by atoms with Crippen LogP contribution < -0.4 is 21.1 Å². The molecule has 1 aliphatic heterocycles. The zero-order chi connectivity index (χ0) is 34.0.